The highest BCUT2D eigenvalue weighted by atomic mass is 16.5. The number of nitrogens with zero attached hydrogens (tertiary/aromatic N) is 2. The Kier molecular flexibility index (Phi) is 12.1. The van der Waals surface area contributed by atoms with Crippen LogP contribution in [0.2, 0.25) is 0 Å². The van der Waals surface area contributed by atoms with E-state index in [1.54, 1.807) is 24.3 Å². The van der Waals surface area contributed by atoms with Crippen molar-refractivity contribution in [2.75, 3.05) is 23.0 Å². The summed E-state index contributed by atoms with van der Waals surface area (Å²) in [5.41, 5.74) is 2.22. The minimum atomic E-state index is -1.14. The van der Waals surface area contributed by atoms with Gasteiger partial charge in [-0.3, -0.25) is 28.8 Å². The van der Waals surface area contributed by atoms with Crippen LogP contribution in [0.25, 0.3) is 0 Å². The van der Waals surface area contributed by atoms with Gasteiger partial charge < -0.3 is 29.2 Å². The van der Waals surface area contributed by atoms with Crippen molar-refractivity contribution < 1.29 is 57.9 Å². The Labute approximate surface area is 327 Å². The number of aliphatic hydroxyl groups is 2. The van der Waals surface area contributed by atoms with Gasteiger partial charge >= 0.3 is 11.9 Å². The first-order chi connectivity index (χ1) is 27.3. The lowest BCUT2D eigenvalue weighted by Gasteiger charge is -2.26. The van der Waals surface area contributed by atoms with Gasteiger partial charge in [-0.1, -0.05) is 38.1 Å². The highest BCUT2D eigenvalue weighted by Gasteiger charge is 2.27. The number of carbonyl (C=O) groups is 6. The molecule has 57 heavy (non-hydrogen) atoms. The first-order valence-electron chi connectivity index (χ1n) is 17.8. The van der Waals surface area contributed by atoms with Crippen molar-refractivity contribution in [1.29, 1.82) is 0 Å². The van der Waals surface area contributed by atoms with E-state index in [-0.39, 0.29) is 37.6 Å². The maximum Gasteiger partial charge on any atom is 0.313 e. The fourth-order valence-electron chi connectivity index (χ4n) is 5.97. The molecule has 0 bridgehead atoms. The van der Waals surface area contributed by atoms with Gasteiger partial charge in [0.2, 0.25) is 0 Å². The number of hydrogen-bond acceptors (Lipinski definition) is 12. The van der Waals surface area contributed by atoms with Crippen molar-refractivity contribution in [2.45, 2.75) is 44.3 Å². The van der Waals surface area contributed by atoms with Crippen molar-refractivity contribution in [3.63, 3.8) is 0 Å². The monoisotopic (exact) mass is 774 g/mol. The fraction of sp³-hybridized carbons (Fsp3) is 0.209. The van der Waals surface area contributed by atoms with Crippen molar-refractivity contribution >= 4 is 46.9 Å². The zero-order valence-electron chi connectivity index (χ0n) is 30.9. The SMILES string of the molecule is CC(C)(c1ccc(OCC(O)CC(=O)Oc2ccc(N3C(=O)C=CC3=O)cc2)cc1)c1ccc(OCC(O)CC(=O)Oc2ccc(N3C(=O)C=CC3=O)cc2)cc1. The van der Waals surface area contributed by atoms with E-state index in [4.69, 9.17) is 18.9 Å². The Bertz CT molecular complexity index is 2020. The van der Waals surface area contributed by atoms with E-state index in [1.165, 1.54) is 72.8 Å². The number of rotatable bonds is 16. The second-order valence-corrected chi connectivity index (χ2v) is 13.6. The molecule has 2 aliphatic heterocycles. The predicted octanol–water partition coefficient (Wildman–Crippen LogP) is 4.34. The van der Waals surface area contributed by atoms with Crippen LogP contribution in [0.15, 0.2) is 121 Å². The molecule has 2 heterocycles. The summed E-state index contributed by atoms with van der Waals surface area (Å²) < 4.78 is 22.0. The normalized spacial score (nSPS) is 14.9. The van der Waals surface area contributed by atoms with E-state index in [0.29, 0.717) is 22.9 Å². The summed E-state index contributed by atoms with van der Waals surface area (Å²) >= 11 is 0. The van der Waals surface area contributed by atoms with Crippen LogP contribution < -0.4 is 28.7 Å². The van der Waals surface area contributed by atoms with Crippen molar-refractivity contribution in [3.05, 3.63) is 132 Å². The molecule has 0 aromatic heterocycles. The van der Waals surface area contributed by atoms with Crippen LogP contribution >= 0.6 is 0 Å². The molecule has 2 aliphatic rings. The maximum absolute atomic E-state index is 12.4. The number of ether oxygens (including phenoxy) is 4. The maximum atomic E-state index is 12.4. The Morgan fingerprint density at radius 3 is 1.12 bits per heavy atom. The van der Waals surface area contributed by atoms with Gasteiger partial charge in [-0.05, 0) is 83.9 Å². The summed E-state index contributed by atoms with van der Waals surface area (Å²) in [7, 11) is 0. The van der Waals surface area contributed by atoms with Gasteiger partial charge in [-0.15, -0.1) is 0 Å². The zero-order valence-corrected chi connectivity index (χ0v) is 30.9. The number of hydrogen-bond donors (Lipinski definition) is 2. The van der Waals surface area contributed by atoms with Crippen LogP contribution in [0.5, 0.6) is 23.0 Å². The lowest BCUT2D eigenvalue weighted by atomic mass is 9.78. The number of esters is 2. The molecule has 0 radical (unpaired) electrons. The van der Waals surface area contributed by atoms with Crippen LogP contribution in [-0.4, -0.2) is 71.2 Å². The second kappa shape index (κ2) is 17.3. The molecule has 2 atom stereocenters. The third kappa shape index (κ3) is 9.86. The zero-order chi connectivity index (χ0) is 40.7. The van der Waals surface area contributed by atoms with E-state index in [2.05, 4.69) is 13.8 Å². The third-order valence-corrected chi connectivity index (χ3v) is 9.11. The predicted molar refractivity (Wildman–Crippen MR) is 205 cm³/mol. The van der Waals surface area contributed by atoms with Gasteiger partial charge in [0.15, 0.2) is 0 Å². The van der Waals surface area contributed by atoms with Crippen LogP contribution in [-0.2, 0) is 34.2 Å². The molecule has 0 saturated heterocycles. The Hall–Kier alpha value is -6.90. The van der Waals surface area contributed by atoms with E-state index in [1.807, 2.05) is 24.3 Å². The number of amides is 4. The Morgan fingerprint density at radius 2 is 0.807 bits per heavy atom. The first-order valence-corrected chi connectivity index (χ1v) is 17.8. The number of benzene rings is 4. The molecular formula is C43H38N2O12. The smallest absolute Gasteiger partial charge is 0.313 e. The number of carbonyl (C=O) groups excluding carboxylic acids is 6. The molecule has 4 aromatic rings. The molecule has 0 aliphatic carbocycles. The van der Waals surface area contributed by atoms with Crippen molar-refractivity contribution in [3.8, 4) is 23.0 Å². The van der Waals surface area contributed by atoms with Gasteiger partial charge in [0.1, 0.15) is 36.2 Å². The number of aliphatic hydroxyl groups excluding tert-OH is 2. The molecule has 0 spiro atoms. The van der Waals surface area contributed by atoms with Crippen molar-refractivity contribution in [1.82, 2.24) is 0 Å². The topological polar surface area (TPSA) is 186 Å². The molecule has 4 aromatic carbocycles. The molecule has 0 saturated carbocycles. The van der Waals surface area contributed by atoms with E-state index in [0.717, 1.165) is 20.9 Å². The fourth-order valence-corrected chi connectivity index (χ4v) is 5.97. The second-order valence-electron chi connectivity index (χ2n) is 13.6. The average molecular weight is 775 g/mol. The molecule has 4 amide bonds. The summed E-state index contributed by atoms with van der Waals surface area (Å²) in [6.45, 7) is 3.80. The number of anilines is 2. The molecule has 2 unspecified atom stereocenters. The summed E-state index contributed by atoms with van der Waals surface area (Å²) in [5.74, 6) is -1.83. The van der Waals surface area contributed by atoms with Gasteiger partial charge in [-0.2, -0.15) is 0 Å². The highest BCUT2D eigenvalue weighted by molar-refractivity contribution is 6.28. The molecule has 14 heteroatoms. The standard InChI is InChI=1S/C43H38N2O12/c1-43(2,27-3-11-33(12-4-27)54-25-31(46)23-41(52)56-35-15-7-29(8-16-35)44-37(48)19-20-38(44)49)28-5-13-34(14-6-28)55-26-32(47)24-42(53)57-36-17-9-30(10-18-36)45-39(50)21-22-40(45)51/h3-22,31-32,46-47H,23-26H2,1-2H3. The highest BCUT2D eigenvalue weighted by Crippen LogP contribution is 2.33. The van der Waals surface area contributed by atoms with Crippen LogP contribution in [0.4, 0.5) is 11.4 Å². The molecule has 6 rings (SSSR count). The van der Waals surface area contributed by atoms with Gasteiger partial charge in [0, 0.05) is 29.7 Å². The van der Waals surface area contributed by atoms with Gasteiger partial charge in [0.25, 0.3) is 23.6 Å². The molecule has 292 valence electrons. The van der Waals surface area contributed by atoms with Crippen LogP contribution in [0.1, 0.15) is 37.8 Å². The lowest BCUT2D eigenvalue weighted by molar-refractivity contribution is -0.138. The summed E-state index contributed by atoms with van der Waals surface area (Å²) in [6, 6.07) is 26.4. The van der Waals surface area contributed by atoms with Crippen molar-refractivity contribution in [2.24, 2.45) is 0 Å². The summed E-state index contributed by atoms with van der Waals surface area (Å²) in [4.78, 5) is 74.1. The quantitative estimate of drug-likeness (QED) is 0.0934. The Morgan fingerprint density at radius 1 is 0.509 bits per heavy atom. The summed E-state index contributed by atoms with van der Waals surface area (Å²) in [6.07, 6.45) is 1.77. The average Bonchev–Trinajstić information content (AvgIpc) is 3.71. The molecule has 0 fully saturated rings. The summed E-state index contributed by atoms with van der Waals surface area (Å²) in [5, 5.41) is 20.8. The van der Waals surface area contributed by atoms with Crippen LogP contribution in [0.3, 0.4) is 0 Å². The third-order valence-electron chi connectivity index (χ3n) is 9.11. The first kappa shape index (κ1) is 39.8. The molecule has 14 nitrogen and oxygen atoms in total. The Balaban J connectivity index is 0.911. The largest absolute Gasteiger partial charge is 0.491 e. The van der Waals surface area contributed by atoms with E-state index < -0.39 is 53.2 Å². The molecule has 2 N–H and O–H groups in total. The number of imide groups is 2. The minimum absolute atomic E-state index is 0.153. The van der Waals surface area contributed by atoms with Crippen LogP contribution in [0, 0.1) is 0 Å². The van der Waals surface area contributed by atoms with E-state index >= 15 is 0 Å². The van der Waals surface area contributed by atoms with E-state index in [9.17, 15) is 39.0 Å². The lowest BCUT2D eigenvalue weighted by Crippen LogP contribution is -2.29. The molecular weight excluding hydrogens is 736 g/mol. The van der Waals surface area contributed by atoms with Gasteiger partial charge in [-0.25, -0.2) is 9.80 Å². The minimum Gasteiger partial charge on any atom is -0.491 e. The van der Waals surface area contributed by atoms with Gasteiger partial charge in [0.05, 0.1) is 36.4 Å².